The van der Waals surface area contributed by atoms with E-state index in [4.69, 9.17) is 24.0 Å². The average Bonchev–Trinajstić information content (AvgIpc) is 3.47. The van der Waals surface area contributed by atoms with E-state index in [9.17, 15) is 0 Å². The summed E-state index contributed by atoms with van der Waals surface area (Å²) in [6.45, 7) is 2.00. The number of oxime groups is 1. The lowest BCUT2D eigenvalue weighted by Crippen LogP contribution is -2.15. The van der Waals surface area contributed by atoms with Crippen LogP contribution in [0.15, 0.2) is 96.4 Å². The quantitative estimate of drug-likeness (QED) is 0.163. The minimum atomic E-state index is -0.263. The van der Waals surface area contributed by atoms with Crippen LogP contribution in [0.4, 0.5) is 0 Å². The Morgan fingerprint density at radius 1 is 0.929 bits per heavy atom. The van der Waals surface area contributed by atoms with E-state index >= 15 is 0 Å². The van der Waals surface area contributed by atoms with Gasteiger partial charge < -0.3 is 19.0 Å². The molecule has 0 fully saturated rings. The largest absolute Gasteiger partial charge is 0.493 e. The standard InChI is InChI=1S/C33H27N5O4/c1-20(21-9-5-4-6-10-21)37-41-18-28-35-32-30-29(23-14-16-26(39-2)27(17-23)40-3)25-15-13-22-11-7-8-12-24(22)31(25)42-33(30)34-19-38(32)36-28/h4-17,19,29H,18H2,1-3H3. The number of methoxy groups -OCH3 is 2. The first-order valence-electron chi connectivity index (χ1n) is 13.5. The summed E-state index contributed by atoms with van der Waals surface area (Å²) < 4.78 is 19.4. The smallest absolute Gasteiger partial charge is 0.228 e. The Balaban J connectivity index is 1.34. The van der Waals surface area contributed by atoms with Gasteiger partial charge >= 0.3 is 0 Å². The van der Waals surface area contributed by atoms with E-state index in [1.807, 2.05) is 67.6 Å². The lowest BCUT2D eigenvalue weighted by molar-refractivity contribution is 0.125. The minimum Gasteiger partial charge on any atom is -0.493 e. The molecule has 1 aliphatic heterocycles. The SMILES string of the molecule is COc1ccc(C2c3ccc4ccccc4c3Oc3ncn4nc(CON=C(C)c5ccccc5)nc4c32)cc1OC. The Bertz CT molecular complexity index is 1970. The second-order valence-electron chi connectivity index (χ2n) is 9.93. The van der Waals surface area contributed by atoms with E-state index in [0.29, 0.717) is 28.9 Å². The third kappa shape index (κ3) is 4.35. The molecule has 0 saturated heterocycles. The van der Waals surface area contributed by atoms with Crippen molar-refractivity contribution in [3.05, 3.63) is 119 Å². The van der Waals surface area contributed by atoms with Crippen molar-refractivity contribution in [1.82, 2.24) is 19.6 Å². The van der Waals surface area contributed by atoms with E-state index in [-0.39, 0.29) is 12.5 Å². The number of nitrogens with zero attached hydrogens (tertiary/aromatic N) is 5. The second kappa shape index (κ2) is 10.5. The predicted molar refractivity (Wildman–Crippen MR) is 159 cm³/mol. The van der Waals surface area contributed by atoms with Crippen LogP contribution in [0.2, 0.25) is 0 Å². The van der Waals surface area contributed by atoms with Crippen molar-refractivity contribution in [3.63, 3.8) is 0 Å². The molecular formula is C33H27N5O4. The molecule has 7 rings (SSSR count). The van der Waals surface area contributed by atoms with Gasteiger partial charge in [-0.3, -0.25) is 0 Å². The van der Waals surface area contributed by atoms with E-state index in [1.54, 1.807) is 25.1 Å². The van der Waals surface area contributed by atoms with Crippen LogP contribution < -0.4 is 14.2 Å². The molecular weight excluding hydrogens is 530 g/mol. The monoisotopic (exact) mass is 557 g/mol. The molecule has 0 N–H and O–H groups in total. The third-order valence-electron chi connectivity index (χ3n) is 7.47. The number of benzene rings is 4. The molecule has 1 atom stereocenters. The van der Waals surface area contributed by atoms with Gasteiger partial charge in [0.05, 0.1) is 25.5 Å². The summed E-state index contributed by atoms with van der Waals surface area (Å²) in [4.78, 5) is 15.2. The van der Waals surface area contributed by atoms with Gasteiger partial charge in [-0.05, 0) is 35.6 Å². The molecule has 2 aromatic heterocycles. The topological polar surface area (TPSA) is 92.4 Å². The van der Waals surface area contributed by atoms with E-state index in [0.717, 1.165) is 44.5 Å². The van der Waals surface area contributed by atoms with Gasteiger partial charge in [-0.1, -0.05) is 78.0 Å². The third-order valence-corrected chi connectivity index (χ3v) is 7.47. The van der Waals surface area contributed by atoms with Crippen molar-refractivity contribution >= 4 is 22.1 Å². The van der Waals surface area contributed by atoms with Crippen LogP contribution in [-0.4, -0.2) is 39.5 Å². The first kappa shape index (κ1) is 25.5. The molecule has 9 nitrogen and oxygen atoms in total. The normalized spacial score (nSPS) is 14.3. The molecule has 208 valence electrons. The molecule has 1 unspecified atom stereocenters. The minimum absolute atomic E-state index is 0.101. The summed E-state index contributed by atoms with van der Waals surface area (Å²) in [5.74, 6) is 2.74. The molecule has 0 saturated carbocycles. The summed E-state index contributed by atoms with van der Waals surface area (Å²) in [6.07, 6.45) is 1.62. The van der Waals surface area contributed by atoms with Gasteiger partial charge in [-0.15, -0.1) is 5.10 Å². The molecule has 9 heteroatoms. The molecule has 0 bridgehead atoms. The van der Waals surface area contributed by atoms with Crippen molar-refractivity contribution in [1.29, 1.82) is 0 Å². The van der Waals surface area contributed by atoms with Gasteiger partial charge in [0, 0.05) is 16.9 Å². The summed E-state index contributed by atoms with van der Waals surface area (Å²) in [5.41, 5.74) is 5.15. The van der Waals surface area contributed by atoms with E-state index < -0.39 is 0 Å². The van der Waals surface area contributed by atoms with E-state index in [2.05, 4.69) is 39.5 Å². The Hall–Kier alpha value is -5.44. The molecule has 0 spiro atoms. The Morgan fingerprint density at radius 2 is 1.74 bits per heavy atom. The molecule has 0 aliphatic carbocycles. The number of aromatic nitrogens is 4. The lowest BCUT2D eigenvalue weighted by Gasteiger charge is -2.29. The first-order chi connectivity index (χ1) is 20.6. The number of hydrogen-bond donors (Lipinski definition) is 0. The number of hydrogen-bond acceptors (Lipinski definition) is 8. The number of rotatable bonds is 7. The van der Waals surface area contributed by atoms with Gasteiger partial charge in [0.2, 0.25) is 5.88 Å². The Kier molecular flexibility index (Phi) is 6.39. The van der Waals surface area contributed by atoms with Crippen molar-refractivity contribution in [3.8, 4) is 23.1 Å². The van der Waals surface area contributed by atoms with Crippen LogP contribution in [0.3, 0.4) is 0 Å². The van der Waals surface area contributed by atoms with Crippen LogP contribution in [0, 0.1) is 0 Å². The highest BCUT2D eigenvalue weighted by Crippen LogP contribution is 2.51. The zero-order valence-electron chi connectivity index (χ0n) is 23.3. The molecule has 42 heavy (non-hydrogen) atoms. The predicted octanol–water partition coefficient (Wildman–Crippen LogP) is 6.52. The fourth-order valence-electron chi connectivity index (χ4n) is 5.45. The zero-order valence-corrected chi connectivity index (χ0v) is 23.3. The summed E-state index contributed by atoms with van der Waals surface area (Å²) in [5, 5.41) is 11.0. The highest BCUT2D eigenvalue weighted by atomic mass is 16.6. The van der Waals surface area contributed by atoms with Crippen molar-refractivity contribution in [2.75, 3.05) is 14.2 Å². The second-order valence-corrected chi connectivity index (χ2v) is 9.93. The highest BCUT2D eigenvalue weighted by Gasteiger charge is 2.34. The fraction of sp³-hybridized carbons (Fsp3) is 0.152. The summed E-state index contributed by atoms with van der Waals surface area (Å²) in [6, 6.07) is 28.2. The molecule has 0 radical (unpaired) electrons. The van der Waals surface area contributed by atoms with E-state index in [1.165, 1.54) is 0 Å². The lowest BCUT2D eigenvalue weighted by atomic mass is 9.82. The molecule has 1 aliphatic rings. The van der Waals surface area contributed by atoms with Gasteiger partial charge in [0.1, 0.15) is 12.1 Å². The number of ether oxygens (including phenoxy) is 3. The van der Waals surface area contributed by atoms with Gasteiger partial charge in [0.15, 0.2) is 29.6 Å². The Morgan fingerprint density at radius 3 is 2.57 bits per heavy atom. The van der Waals surface area contributed by atoms with Gasteiger partial charge in [0.25, 0.3) is 0 Å². The Labute approximate surface area is 242 Å². The zero-order chi connectivity index (χ0) is 28.6. The molecule has 6 aromatic rings. The van der Waals surface area contributed by atoms with Crippen molar-refractivity contribution < 1.29 is 19.0 Å². The van der Waals surface area contributed by atoms with Crippen LogP contribution in [0.5, 0.6) is 23.1 Å². The fourth-order valence-corrected chi connectivity index (χ4v) is 5.45. The molecule has 3 heterocycles. The van der Waals surface area contributed by atoms with Crippen LogP contribution >= 0.6 is 0 Å². The summed E-state index contributed by atoms with van der Waals surface area (Å²) in [7, 11) is 3.26. The highest BCUT2D eigenvalue weighted by molar-refractivity contribution is 5.98. The molecule has 0 amide bonds. The van der Waals surface area contributed by atoms with Gasteiger partial charge in [-0.25, -0.2) is 14.5 Å². The van der Waals surface area contributed by atoms with Crippen molar-refractivity contribution in [2.45, 2.75) is 19.4 Å². The average molecular weight is 558 g/mol. The van der Waals surface area contributed by atoms with Crippen molar-refractivity contribution in [2.24, 2.45) is 5.16 Å². The van der Waals surface area contributed by atoms with Crippen LogP contribution in [-0.2, 0) is 11.4 Å². The molecule has 4 aromatic carbocycles. The maximum atomic E-state index is 6.52. The maximum Gasteiger partial charge on any atom is 0.228 e. The number of fused-ring (bicyclic) bond motifs is 6. The van der Waals surface area contributed by atoms with Gasteiger partial charge in [-0.2, -0.15) is 0 Å². The first-order valence-corrected chi connectivity index (χ1v) is 13.5. The van der Waals surface area contributed by atoms with Crippen LogP contribution in [0.1, 0.15) is 40.9 Å². The maximum absolute atomic E-state index is 6.52. The van der Waals surface area contributed by atoms with Crippen LogP contribution in [0.25, 0.3) is 16.4 Å². The summed E-state index contributed by atoms with van der Waals surface area (Å²) >= 11 is 0.